The topological polar surface area (TPSA) is 64.7 Å². The summed E-state index contributed by atoms with van der Waals surface area (Å²) in [5.74, 6) is 0. The van der Waals surface area contributed by atoms with Crippen LogP contribution in [0.3, 0.4) is 0 Å². The minimum Gasteiger partial charge on any atom is -0.486 e. The monoisotopic (exact) mass is 817 g/mol. The minimum absolute atomic E-state index is 0. The van der Waals surface area contributed by atoms with Crippen LogP contribution in [0, 0.1) is 32.9 Å². The smallest absolute Gasteiger partial charge is 0.216 e. The van der Waals surface area contributed by atoms with Gasteiger partial charge < -0.3 is 14.4 Å². The molecule has 3 aromatic carbocycles. The van der Waals surface area contributed by atoms with Crippen LogP contribution in [0.2, 0.25) is 0 Å². The van der Waals surface area contributed by atoms with Crippen LogP contribution in [-0.4, -0.2) is 19.9 Å². The van der Waals surface area contributed by atoms with E-state index in [4.69, 9.17) is 14.4 Å². The Morgan fingerprint density at radius 3 is 2.24 bits per heavy atom. The molecule has 0 atom stereocenters. The Hall–Kier alpha value is -5.03. The first-order valence-corrected chi connectivity index (χ1v) is 16.1. The van der Waals surface area contributed by atoms with E-state index >= 15 is 0 Å². The van der Waals surface area contributed by atoms with Gasteiger partial charge in [0.25, 0.3) is 0 Å². The number of hydrogen-bond acceptors (Lipinski definition) is 5. The first-order valence-electron chi connectivity index (χ1n) is 16.1. The summed E-state index contributed by atoms with van der Waals surface area (Å²) < 4.78 is 6.22. The molecule has 0 unspecified atom stereocenters. The van der Waals surface area contributed by atoms with Crippen molar-refractivity contribution in [2.24, 2.45) is 0 Å². The van der Waals surface area contributed by atoms with Gasteiger partial charge in [-0.05, 0) is 90.8 Å². The number of benzene rings is 3. The molecule has 5 aromatic heterocycles. The Morgan fingerprint density at radius 2 is 1.49 bits per heavy atom. The summed E-state index contributed by atoms with van der Waals surface area (Å²) in [6.07, 6.45) is 3.73. The van der Waals surface area contributed by atoms with Crippen LogP contribution >= 0.6 is 0 Å². The van der Waals surface area contributed by atoms with Crippen molar-refractivity contribution in [2.75, 3.05) is 0 Å². The average molecular weight is 817 g/mol. The standard InChI is InChI=1S/C32H28N3O.C11H8N.Ir/c1-18-14-27-21(11-13-29(35-27)32(4,5)6)15-25(18)26-16-28(33-17-19(26)2)24-9-7-8-22-23-12-10-20(3)34-31(23)36-30(22)24;1-2-6-10(7-3-1)11-8-4-5-9-12-11;/h7-8,10-17H,1-6H3;1-6,8-9H;/q2*-1;. The van der Waals surface area contributed by atoms with Crippen LogP contribution in [0.15, 0.2) is 114 Å². The number of fused-ring (bicyclic) bond motifs is 4. The van der Waals surface area contributed by atoms with Gasteiger partial charge in [0, 0.05) is 60.1 Å². The van der Waals surface area contributed by atoms with Crippen LogP contribution in [0.25, 0.3) is 66.6 Å². The van der Waals surface area contributed by atoms with E-state index < -0.39 is 0 Å². The second kappa shape index (κ2) is 13.8. The van der Waals surface area contributed by atoms with E-state index in [9.17, 15) is 0 Å². The van der Waals surface area contributed by atoms with E-state index in [2.05, 4.69) is 93.1 Å². The Bertz CT molecular complexity index is 2370. The van der Waals surface area contributed by atoms with Gasteiger partial charge in [-0.1, -0.05) is 56.0 Å². The van der Waals surface area contributed by atoms with Crippen LogP contribution in [0.5, 0.6) is 0 Å². The maximum atomic E-state index is 6.22. The maximum absolute atomic E-state index is 6.22. The molecule has 0 N–H and O–H groups in total. The zero-order valence-electron chi connectivity index (χ0n) is 28.4. The van der Waals surface area contributed by atoms with Gasteiger partial charge in [-0.3, -0.25) is 4.98 Å². The molecular weight excluding hydrogens is 781 g/mol. The van der Waals surface area contributed by atoms with Gasteiger partial charge in [0.2, 0.25) is 5.71 Å². The summed E-state index contributed by atoms with van der Waals surface area (Å²) >= 11 is 0. The number of pyridine rings is 4. The second-order valence-corrected chi connectivity index (χ2v) is 13.2. The molecule has 5 heterocycles. The Labute approximate surface area is 300 Å². The van der Waals surface area contributed by atoms with Gasteiger partial charge >= 0.3 is 0 Å². The largest absolute Gasteiger partial charge is 0.486 e. The van der Waals surface area contributed by atoms with E-state index in [0.717, 1.165) is 72.3 Å². The summed E-state index contributed by atoms with van der Waals surface area (Å²) in [4.78, 5) is 18.5. The zero-order valence-corrected chi connectivity index (χ0v) is 30.8. The van der Waals surface area contributed by atoms with Crippen molar-refractivity contribution in [3.05, 3.63) is 144 Å². The van der Waals surface area contributed by atoms with Gasteiger partial charge in [-0.15, -0.1) is 54.1 Å². The molecule has 6 heteroatoms. The molecule has 0 saturated heterocycles. The summed E-state index contributed by atoms with van der Waals surface area (Å²) in [5.41, 5.74) is 12.8. The summed E-state index contributed by atoms with van der Waals surface area (Å²) in [6, 6.07) is 39.1. The van der Waals surface area contributed by atoms with Crippen molar-refractivity contribution in [1.82, 2.24) is 19.9 Å². The molecule has 8 rings (SSSR count). The third-order valence-corrected chi connectivity index (χ3v) is 8.54. The van der Waals surface area contributed by atoms with E-state index in [1.54, 1.807) is 6.20 Å². The van der Waals surface area contributed by atoms with Crippen LogP contribution in [0.4, 0.5) is 0 Å². The molecule has 0 aliphatic carbocycles. The summed E-state index contributed by atoms with van der Waals surface area (Å²) in [5, 5.41) is 3.16. The van der Waals surface area contributed by atoms with Gasteiger partial charge in [0.1, 0.15) is 0 Å². The van der Waals surface area contributed by atoms with Gasteiger partial charge in [-0.2, -0.15) is 0 Å². The van der Waals surface area contributed by atoms with Gasteiger partial charge in [0.15, 0.2) is 0 Å². The Kier molecular flexibility index (Phi) is 9.56. The van der Waals surface area contributed by atoms with Crippen molar-refractivity contribution in [2.45, 2.75) is 47.0 Å². The fourth-order valence-electron chi connectivity index (χ4n) is 5.91. The van der Waals surface area contributed by atoms with Crippen LogP contribution < -0.4 is 0 Å². The molecule has 49 heavy (non-hydrogen) atoms. The molecule has 0 saturated carbocycles. The quantitative estimate of drug-likeness (QED) is 0.166. The molecule has 5 nitrogen and oxygen atoms in total. The Morgan fingerprint density at radius 1 is 0.673 bits per heavy atom. The normalized spacial score (nSPS) is 11.3. The number of rotatable bonds is 3. The third kappa shape index (κ3) is 6.94. The number of aryl methyl sites for hydroxylation is 3. The van der Waals surface area contributed by atoms with Crippen molar-refractivity contribution >= 4 is 33.0 Å². The predicted octanol–water partition coefficient (Wildman–Crippen LogP) is 10.8. The van der Waals surface area contributed by atoms with Crippen molar-refractivity contribution in [1.29, 1.82) is 0 Å². The van der Waals surface area contributed by atoms with E-state index in [-0.39, 0.29) is 25.5 Å². The number of aromatic nitrogens is 4. The Balaban J connectivity index is 0.000000270. The van der Waals surface area contributed by atoms with Gasteiger partial charge in [0.05, 0.1) is 11.1 Å². The third-order valence-electron chi connectivity index (χ3n) is 8.54. The van der Waals surface area contributed by atoms with E-state index in [1.807, 2.05) is 73.8 Å². The number of hydrogen-bond donors (Lipinski definition) is 0. The van der Waals surface area contributed by atoms with Gasteiger partial charge in [-0.25, -0.2) is 4.98 Å². The molecule has 0 aliphatic rings. The molecule has 0 aliphatic heterocycles. The molecule has 0 fully saturated rings. The molecule has 245 valence electrons. The van der Waals surface area contributed by atoms with Crippen LogP contribution in [0.1, 0.15) is 43.3 Å². The molecule has 0 spiro atoms. The van der Waals surface area contributed by atoms with E-state index in [1.165, 1.54) is 11.1 Å². The summed E-state index contributed by atoms with van der Waals surface area (Å²) in [6.45, 7) is 12.8. The van der Waals surface area contributed by atoms with Crippen LogP contribution in [-0.2, 0) is 25.5 Å². The average Bonchev–Trinajstić information content (AvgIpc) is 3.46. The molecular formula is C43H36IrN4O-2. The SMILES string of the molecule is Cc1ccc2c(n1)oc1c(-c3cc(-c4cc5ccc(C(C)(C)C)nc5cc4C)c(C)cn3)[c-]ccc12.[Ir].[c-]1ccccc1-c1ccccn1. The second-order valence-electron chi connectivity index (χ2n) is 13.2. The van der Waals surface area contributed by atoms with Crippen molar-refractivity contribution in [3.63, 3.8) is 0 Å². The van der Waals surface area contributed by atoms with E-state index in [0.29, 0.717) is 5.71 Å². The molecule has 1 radical (unpaired) electrons. The minimum atomic E-state index is 0. The first-order chi connectivity index (χ1) is 23.2. The first kappa shape index (κ1) is 33.9. The number of furan rings is 1. The summed E-state index contributed by atoms with van der Waals surface area (Å²) in [7, 11) is 0. The molecule has 0 amide bonds. The predicted molar refractivity (Wildman–Crippen MR) is 196 cm³/mol. The number of nitrogens with zero attached hydrogens (tertiary/aromatic N) is 4. The molecule has 8 aromatic rings. The fraction of sp³-hybridized carbons (Fsp3) is 0.163. The maximum Gasteiger partial charge on any atom is 0.216 e. The fourth-order valence-corrected chi connectivity index (χ4v) is 5.91. The van der Waals surface area contributed by atoms with Crippen molar-refractivity contribution in [3.8, 4) is 33.6 Å². The zero-order chi connectivity index (χ0) is 33.4. The van der Waals surface area contributed by atoms with Crippen molar-refractivity contribution < 1.29 is 24.5 Å². The molecule has 0 bridgehead atoms.